The number of hydrogen-bond acceptors (Lipinski definition) is 9. The zero-order valence-corrected chi connectivity index (χ0v) is 22.0. The zero-order valence-electron chi connectivity index (χ0n) is 22.0. The fourth-order valence-electron chi connectivity index (χ4n) is 4.28. The van der Waals surface area contributed by atoms with Crippen LogP contribution in [0.2, 0.25) is 0 Å². The number of rotatable bonds is 17. The molecule has 10 heteroatoms. The summed E-state index contributed by atoms with van der Waals surface area (Å²) >= 11 is 0. The highest BCUT2D eigenvalue weighted by molar-refractivity contribution is 5.70. The average molecular weight is 510 g/mol. The van der Waals surface area contributed by atoms with Gasteiger partial charge in [0.15, 0.2) is 12.3 Å². The lowest BCUT2D eigenvalue weighted by atomic mass is 10.1. The molecule has 0 unspecified atom stereocenters. The predicted molar refractivity (Wildman–Crippen MR) is 135 cm³/mol. The van der Waals surface area contributed by atoms with Crippen LogP contribution >= 0.6 is 0 Å². The maximum atomic E-state index is 12.6. The summed E-state index contributed by atoms with van der Waals surface area (Å²) in [6, 6.07) is 1.47. The highest BCUT2D eigenvalue weighted by Crippen LogP contribution is 2.33. The lowest BCUT2D eigenvalue weighted by molar-refractivity contribution is -0.161. The number of ether oxygens (including phenoxy) is 4. The monoisotopic (exact) mass is 509 g/mol. The van der Waals surface area contributed by atoms with E-state index in [0.29, 0.717) is 6.42 Å². The topological polar surface area (TPSA) is 132 Å². The predicted octanol–water partition coefficient (Wildman–Crippen LogP) is 3.91. The van der Waals surface area contributed by atoms with Gasteiger partial charge in [0.05, 0.1) is 0 Å². The molecule has 0 aliphatic carbocycles. The van der Waals surface area contributed by atoms with Crippen molar-refractivity contribution in [2.45, 2.75) is 115 Å². The van der Waals surface area contributed by atoms with Crippen LogP contribution < -0.4 is 11.4 Å². The normalized spacial score (nSPS) is 21.4. The number of aromatic nitrogens is 2. The summed E-state index contributed by atoms with van der Waals surface area (Å²) in [4.78, 5) is 41.1. The van der Waals surface area contributed by atoms with E-state index in [9.17, 15) is 14.4 Å². The van der Waals surface area contributed by atoms with Crippen molar-refractivity contribution in [1.82, 2.24) is 9.55 Å². The Labute approximate surface area is 213 Å². The molecule has 2 N–H and O–H groups in total. The quantitative estimate of drug-likeness (QED) is 0.245. The van der Waals surface area contributed by atoms with E-state index >= 15 is 0 Å². The van der Waals surface area contributed by atoms with Crippen molar-refractivity contribution in [3.63, 3.8) is 0 Å². The molecule has 1 saturated heterocycles. The van der Waals surface area contributed by atoms with E-state index in [1.165, 1.54) is 23.9 Å². The summed E-state index contributed by atoms with van der Waals surface area (Å²) in [5.41, 5.74) is 5.00. The van der Waals surface area contributed by atoms with E-state index < -0.39 is 30.2 Å². The molecule has 1 aromatic heterocycles. The molecule has 1 aliphatic rings. The summed E-state index contributed by atoms with van der Waals surface area (Å²) in [7, 11) is 1.45. The molecule has 4 atom stereocenters. The second-order valence-corrected chi connectivity index (χ2v) is 9.27. The minimum atomic E-state index is -0.921. The first kappa shape index (κ1) is 29.8. The van der Waals surface area contributed by atoms with E-state index in [1.54, 1.807) is 0 Å². The second-order valence-electron chi connectivity index (χ2n) is 9.27. The number of anilines is 1. The molecule has 1 aromatic rings. The first-order chi connectivity index (χ1) is 17.4. The highest BCUT2D eigenvalue weighted by Gasteiger charge is 2.49. The van der Waals surface area contributed by atoms with Gasteiger partial charge in [0, 0.05) is 26.1 Å². The minimum Gasteiger partial charge on any atom is -0.463 e. The summed E-state index contributed by atoms with van der Waals surface area (Å²) in [5, 5.41) is 0. The molecule has 2 rings (SSSR count). The number of nitrogen functional groups attached to an aromatic ring is 1. The third kappa shape index (κ3) is 9.54. The Balaban J connectivity index is 2.05. The van der Waals surface area contributed by atoms with Crippen molar-refractivity contribution in [3.8, 4) is 0 Å². The Kier molecular flexibility index (Phi) is 13.5. The Morgan fingerprint density at radius 1 is 0.972 bits per heavy atom. The largest absolute Gasteiger partial charge is 0.463 e. The minimum absolute atomic E-state index is 0.0821. The molecule has 0 amide bonds. The number of hydrogen-bond donors (Lipinski definition) is 1. The number of carbonyl (C=O) groups is 2. The van der Waals surface area contributed by atoms with E-state index in [4.69, 9.17) is 24.7 Å². The lowest BCUT2D eigenvalue weighted by Crippen LogP contribution is -2.41. The van der Waals surface area contributed by atoms with Gasteiger partial charge in [-0.15, -0.1) is 0 Å². The molecule has 0 radical (unpaired) electrons. The number of unbranched alkanes of at least 4 members (excludes halogenated alkanes) is 8. The third-order valence-electron chi connectivity index (χ3n) is 6.33. The van der Waals surface area contributed by atoms with Gasteiger partial charge in [0.2, 0.25) is 0 Å². The van der Waals surface area contributed by atoms with Crippen LogP contribution in [0, 0.1) is 0 Å². The summed E-state index contributed by atoms with van der Waals surface area (Å²) in [6.45, 7) is 4.16. The number of methoxy groups -OCH3 is 1. The van der Waals surface area contributed by atoms with Gasteiger partial charge < -0.3 is 24.7 Å². The smallest absolute Gasteiger partial charge is 0.351 e. The zero-order chi connectivity index (χ0) is 26.3. The molecule has 0 aromatic carbocycles. The molecule has 10 nitrogen and oxygen atoms in total. The maximum Gasteiger partial charge on any atom is 0.351 e. The molecule has 1 aliphatic heterocycles. The van der Waals surface area contributed by atoms with Crippen molar-refractivity contribution < 1.29 is 28.5 Å². The van der Waals surface area contributed by atoms with Crippen LogP contribution in [0.4, 0.5) is 5.82 Å². The van der Waals surface area contributed by atoms with E-state index in [-0.39, 0.29) is 30.8 Å². The molecule has 0 saturated carbocycles. The van der Waals surface area contributed by atoms with Gasteiger partial charge >= 0.3 is 17.6 Å². The molecule has 0 spiro atoms. The standard InChI is InChI=1S/C26H43N3O7/c1-4-6-8-10-12-14-21(30)34-18-19-23(36-22(31)15-13-11-9-7-5-2)24(33-3)25(35-19)29-17-16-20(27)28-26(29)32/h16-17,19,23-25H,4-15,18H2,1-3H3,(H2,27,28,32)/t19-,23-,24-,25-/m1/s1. The van der Waals surface area contributed by atoms with Crippen LogP contribution in [0.25, 0.3) is 0 Å². The summed E-state index contributed by atoms with van der Waals surface area (Å²) in [6.07, 6.45) is 8.80. The molecular formula is C26H43N3O7. The Morgan fingerprint density at radius 2 is 1.58 bits per heavy atom. The van der Waals surface area contributed by atoms with Gasteiger partial charge in [-0.3, -0.25) is 14.2 Å². The maximum absolute atomic E-state index is 12.6. The molecule has 36 heavy (non-hydrogen) atoms. The summed E-state index contributed by atoms with van der Waals surface area (Å²) in [5.74, 6) is -0.628. The Bertz CT molecular complexity index is 860. The average Bonchev–Trinajstić information content (AvgIpc) is 3.19. The van der Waals surface area contributed by atoms with Gasteiger partial charge in [-0.05, 0) is 18.9 Å². The Hall–Kier alpha value is -2.46. The van der Waals surface area contributed by atoms with Gasteiger partial charge in [-0.1, -0.05) is 65.2 Å². The number of esters is 2. The van der Waals surface area contributed by atoms with Crippen LogP contribution in [0.1, 0.15) is 97.1 Å². The number of carbonyl (C=O) groups excluding carboxylic acids is 2. The van der Waals surface area contributed by atoms with E-state index in [0.717, 1.165) is 64.2 Å². The van der Waals surface area contributed by atoms with Gasteiger partial charge in [0.25, 0.3) is 0 Å². The van der Waals surface area contributed by atoms with Crippen molar-refractivity contribution in [2.75, 3.05) is 19.5 Å². The molecule has 204 valence electrons. The van der Waals surface area contributed by atoms with Crippen LogP contribution in [0.15, 0.2) is 17.1 Å². The Morgan fingerprint density at radius 3 is 2.17 bits per heavy atom. The molecule has 0 bridgehead atoms. The highest BCUT2D eigenvalue weighted by atomic mass is 16.6. The summed E-state index contributed by atoms with van der Waals surface area (Å²) < 4.78 is 24.1. The van der Waals surface area contributed by atoms with Crippen LogP contribution in [0.5, 0.6) is 0 Å². The van der Waals surface area contributed by atoms with E-state index in [2.05, 4.69) is 18.8 Å². The fraction of sp³-hybridized carbons (Fsp3) is 0.769. The SMILES string of the molecule is CCCCCCCC(=O)OC[C@H]1O[C@@H](n2ccc(N)nc2=O)[C@H](OC)[C@@H]1OC(=O)CCCCCCC. The van der Waals surface area contributed by atoms with Crippen molar-refractivity contribution in [3.05, 3.63) is 22.7 Å². The van der Waals surface area contributed by atoms with Gasteiger partial charge in [0.1, 0.15) is 24.6 Å². The van der Waals surface area contributed by atoms with E-state index in [1.807, 2.05) is 0 Å². The van der Waals surface area contributed by atoms with Crippen LogP contribution in [0.3, 0.4) is 0 Å². The van der Waals surface area contributed by atoms with Gasteiger partial charge in [-0.25, -0.2) is 4.79 Å². The van der Waals surface area contributed by atoms with Crippen molar-refractivity contribution in [1.29, 1.82) is 0 Å². The fourth-order valence-corrected chi connectivity index (χ4v) is 4.28. The number of nitrogens with two attached hydrogens (primary N) is 1. The molecular weight excluding hydrogens is 466 g/mol. The molecule has 1 fully saturated rings. The van der Waals surface area contributed by atoms with Crippen molar-refractivity contribution in [2.24, 2.45) is 0 Å². The van der Waals surface area contributed by atoms with Crippen molar-refractivity contribution >= 4 is 17.8 Å². The first-order valence-corrected chi connectivity index (χ1v) is 13.3. The second kappa shape index (κ2) is 16.3. The van der Waals surface area contributed by atoms with Gasteiger partial charge in [-0.2, -0.15) is 4.98 Å². The first-order valence-electron chi connectivity index (χ1n) is 13.3. The van der Waals surface area contributed by atoms with Crippen LogP contribution in [-0.4, -0.2) is 53.5 Å². The van der Waals surface area contributed by atoms with Crippen LogP contribution in [-0.2, 0) is 28.5 Å². The third-order valence-corrected chi connectivity index (χ3v) is 6.33. The lowest BCUT2D eigenvalue weighted by Gasteiger charge is -2.23. The molecule has 2 heterocycles. The number of nitrogens with zero attached hydrogens (tertiary/aromatic N) is 2.